The van der Waals surface area contributed by atoms with Crippen molar-refractivity contribution in [2.45, 2.75) is 103 Å². The van der Waals surface area contributed by atoms with E-state index in [2.05, 4.69) is 33.5 Å². The molecule has 0 rings (SSSR count). The molecule has 120 valence electrons. The third-order valence-corrected chi connectivity index (χ3v) is 6.20. The van der Waals surface area contributed by atoms with Crippen molar-refractivity contribution < 1.29 is 4.43 Å². The van der Waals surface area contributed by atoms with Gasteiger partial charge in [0, 0.05) is 6.10 Å². The fraction of sp³-hybridized carbons (Fsp3) is 0.889. The summed E-state index contributed by atoms with van der Waals surface area (Å²) in [5.74, 6) is 0. The maximum Gasteiger partial charge on any atom is 0.190 e. The van der Waals surface area contributed by atoms with E-state index in [4.69, 9.17) is 4.43 Å². The van der Waals surface area contributed by atoms with Crippen molar-refractivity contribution in [3.63, 3.8) is 0 Å². The number of unbranched alkanes of at least 4 members (excludes halogenated alkanes) is 7. The van der Waals surface area contributed by atoms with E-state index in [1.807, 2.05) is 6.08 Å². The Kier molecular flexibility index (Phi) is 12.6. The van der Waals surface area contributed by atoms with Gasteiger partial charge in [0.1, 0.15) is 0 Å². The second kappa shape index (κ2) is 12.6. The van der Waals surface area contributed by atoms with E-state index in [-0.39, 0.29) is 0 Å². The Balaban J connectivity index is 3.62. The molecule has 0 aliphatic heterocycles. The molecule has 0 radical (unpaired) electrons. The molecular formula is C18H38OSi. The molecule has 0 N–H and O–H groups in total. The smallest absolute Gasteiger partial charge is 0.190 e. The van der Waals surface area contributed by atoms with Gasteiger partial charge >= 0.3 is 0 Å². The number of rotatable bonds is 14. The predicted molar refractivity (Wildman–Crippen MR) is 94.9 cm³/mol. The summed E-state index contributed by atoms with van der Waals surface area (Å²) in [5, 5.41) is 0. The van der Waals surface area contributed by atoms with Crippen LogP contribution in [0.5, 0.6) is 0 Å². The van der Waals surface area contributed by atoms with Crippen LogP contribution in [0.4, 0.5) is 0 Å². The molecule has 0 saturated heterocycles. The zero-order valence-electron chi connectivity index (χ0n) is 14.5. The van der Waals surface area contributed by atoms with Crippen LogP contribution in [0.1, 0.15) is 78.1 Å². The maximum absolute atomic E-state index is 6.35. The minimum Gasteiger partial charge on any atom is -0.414 e. The predicted octanol–water partition coefficient (Wildman–Crippen LogP) is 6.70. The van der Waals surface area contributed by atoms with Crippen molar-refractivity contribution >= 4 is 8.32 Å². The molecule has 0 amide bonds. The SMILES string of the molecule is C=CC[Si](C)(C)OC(CC)CCCCCCCCCC. The van der Waals surface area contributed by atoms with E-state index >= 15 is 0 Å². The minimum atomic E-state index is -1.50. The van der Waals surface area contributed by atoms with Gasteiger partial charge in [-0.05, 0) is 32.0 Å². The van der Waals surface area contributed by atoms with Gasteiger partial charge in [-0.15, -0.1) is 6.58 Å². The van der Waals surface area contributed by atoms with Crippen LogP contribution in [0.15, 0.2) is 12.7 Å². The van der Waals surface area contributed by atoms with Crippen molar-refractivity contribution in [1.29, 1.82) is 0 Å². The van der Waals surface area contributed by atoms with Gasteiger partial charge in [-0.3, -0.25) is 0 Å². The average Bonchev–Trinajstić information content (AvgIpc) is 2.40. The van der Waals surface area contributed by atoms with Crippen LogP contribution < -0.4 is 0 Å². The lowest BCUT2D eigenvalue weighted by Crippen LogP contribution is -2.34. The van der Waals surface area contributed by atoms with Gasteiger partial charge in [0.2, 0.25) is 0 Å². The van der Waals surface area contributed by atoms with Crippen molar-refractivity contribution in [2.24, 2.45) is 0 Å². The third kappa shape index (κ3) is 11.7. The molecule has 0 spiro atoms. The molecule has 0 aromatic heterocycles. The van der Waals surface area contributed by atoms with Gasteiger partial charge in [-0.2, -0.15) is 0 Å². The minimum absolute atomic E-state index is 0.483. The van der Waals surface area contributed by atoms with Gasteiger partial charge in [0.05, 0.1) is 0 Å². The van der Waals surface area contributed by atoms with E-state index in [1.54, 1.807) is 0 Å². The molecule has 0 aromatic rings. The normalized spacial score (nSPS) is 13.4. The van der Waals surface area contributed by atoms with E-state index in [0.29, 0.717) is 6.10 Å². The maximum atomic E-state index is 6.35. The van der Waals surface area contributed by atoms with Gasteiger partial charge in [-0.1, -0.05) is 71.3 Å². The van der Waals surface area contributed by atoms with E-state index < -0.39 is 8.32 Å². The molecule has 0 bridgehead atoms. The van der Waals surface area contributed by atoms with Crippen molar-refractivity contribution in [3.8, 4) is 0 Å². The number of allylic oxidation sites excluding steroid dienone is 1. The highest BCUT2D eigenvalue weighted by Gasteiger charge is 2.24. The summed E-state index contributed by atoms with van der Waals surface area (Å²) in [4.78, 5) is 0. The molecule has 2 heteroatoms. The second-order valence-corrected chi connectivity index (χ2v) is 10.8. The van der Waals surface area contributed by atoms with Crippen LogP contribution in [0, 0.1) is 0 Å². The van der Waals surface area contributed by atoms with Crippen LogP contribution in [-0.2, 0) is 4.43 Å². The molecule has 1 nitrogen and oxygen atoms in total. The highest BCUT2D eigenvalue weighted by atomic mass is 28.4. The highest BCUT2D eigenvalue weighted by molar-refractivity contribution is 6.71. The Morgan fingerprint density at radius 2 is 1.50 bits per heavy atom. The summed E-state index contributed by atoms with van der Waals surface area (Å²) >= 11 is 0. The Labute approximate surface area is 129 Å². The topological polar surface area (TPSA) is 9.23 Å². The first-order valence-electron chi connectivity index (χ1n) is 8.84. The quantitative estimate of drug-likeness (QED) is 0.197. The van der Waals surface area contributed by atoms with Crippen molar-refractivity contribution in [1.82, 2.24) is 0 Å². The summed E-state index contributed by atoms with van der Waals surface area (Å²) in [6.07, 6.45) is 16.1. The van der Waals surface area contributed by atoms with E-state index in [9.17, 15) is 0 Å². The van der Waals surface area contributed by atoms with Crippen molar-refractivity contribution in [2.75, 3.05) is 0 Å². The fourth-order valence-corrected chi connectivity index (χ4v) is 4.68. The molecular weight excluding hydrogens is 260 g/mol. The van der Waals surface area contributed by atoms with E-state index in [1.165, 1.54) is 57.8 Å². The Morgan fingerprint density at radius 1 is 0.950 bits per heavy atom. The van der Waals surface area contributed by atoms with Crippen molar-refractivity contribution in [3.05, 3.63) is 12.7 Å². The largest absolute Gasteiger partial charge is 0.414 e. The summed E-state index contributed by atoms with van der Waals surface area (Å²) in [5.41, 5.74) is 0. The Bertz CT molecular complexity index is 225. The summed E-state index contributed by atoms with van der Waals surface area (Å²) in [6.45, 7) is 13.0. The lowest BCUT2D eigenvalue weighted by molar-refractivity contribution is 0.173. The first-order chi connectivity index (χ1) is 9.55. The van der Waals surface area contributed by atoms with Crippen LogP contribution in [0.2, 0.25) is 19.1 Å². The Morgan fingerprint density at radius 3 is 2.00 bits per heavy atom. The molecule has 0 aromatic carbocycles. The van der Waals surface area contributed by atoms with E-state index in [0.717, 1.165) is 12.5 Å². The lowest BCUT2D eigenvalue weighted by Gasteiger charge is -2.28. The number of hydrogen-bond donors (Lipinski definition) is 0. The molecule has 0 saturated carbocycles. The fourth-order valence-electron chi connectivity index (χ4n) is 2.70. The third-order valence-electron chi connectivity index (χ3n) is 3.96. The van der Waals surface area contributed by atoms with Gasteiger partial charge < -0.3 is 4.43 Å². The summed E-state index contributed by atoms with van der Waals surface area (Å²) in [7, 11) is -1.50. The highest BCUT2D eigenvalue weighted by Crippen LogP contribution is 2.20. The lowest BCUT2D eigenvalue weighted by atomic mass is 10.0. The first-order valence-corrected chi connectivity index (χ1v) is 12.0. The molecule has 1 unspecified atom stereocenters. The first kappa shape index (κ1) is 19.9. The van der Waals surface area contributed by atoms with Crippen LogP contribution in [0.25, 0.3) is 0 Å². The molecule has 1 atom stereocenters. The van der Waals surface area contributed by atoms with Gasteiger partial charge in [0.15, 0.2) is 8.32 Å². The molecule has 20 heavy (non-hydrogen) atoms. The van der Waals surface area contributed by atoms with Crippen LogP contribution in [0.3, 0.4) is 0 Å². The Hall–Kier alpha value is -0.0831. The number of hydrogen-bond acceptors (Lipinski definition) is 1. The molecule has 0 fully saturated rings. The zero-order chi connectivity index (χ0) is 15.3. The zero-order valence-corrected chi connectivity index (χ0v) is 15.5. The molecule has 0 aliphatic rings. The second-order valence-electron chi connectivity index (χ2n) is 6.66. The molecule has 0 heterocycles. The summed E-state index contributed by atoms with van der Waals surface area (Å²) < 4.78 is 6.35. The standard InChI is InChI=1S/C18H38OSi/c1-6-9-10-11-12-13-14-15-16-18(8-3)19-20(4,5)17-7-2/h7,18H,2,6,8-17H2,1,3-5H3. The average molecular weight is 299 g/mol. The van der Waals surface area contributed by atoms with Crippen LogP contribution in [-0.4, -0.2) is 14.4 Å². The summed E-state index contributed by atoms with van der Waals surface area (Å²) in [6, 6.07) is 1.07. The van der Waals surface area contributed by atoms with Gasteiger partial charge in [-0.25, -0.2) is 0 Å². The molecule has 0 aliphatic carbocycles. The van der Waals surface area contributed by atoms with Gasteiger partial charge in [0.25, 0.3) is 0 Å². The monoisotopic (exact) mass is 298 g/mol. The van der Waals surface area contributed by atoms with Crippen LogP contribution >= 0.6 is 0 Å².